The van der Waals surface area contributed by atoms with Gasteiger partial charge in [0, 0.05) is 23.2 Å². The quantitative estimate of drug-likeness (QED) is 0.0806. The van der Waals surface area contributed by atoms with Gasteiger partial charge in [-0.05, 0) is 40.5 Å². The van der Waals surface area contributed by atoms with Crippen LogP contribution in [0.15, 0.2) is 169 Å². The maximum atomic E-state index is 14.3. The van der Waals surface area contributed by atoms with Gasteiger partial charge >= 0.3 is 5.97 Å². The highest BCUT2D eigenvalue weighted by molar-refractivity contribution is 6.20. The Balaban J connectivity index is 1.18. The van der Waals surface area contributed by atoms with Gasteiger partial charge in [-0.25, -0.2) is 0 Å². The monoisotopic (exact) mass is 756 g/mol. The first-order chi connectivity index (χ1) is 27.9. The van der Waals surface area contributed by atoms with E-state index in [0.717, 1.165) is 22.3 Å². The fraction of sp³-hybridized carbons (Fsp3) is 0.106. The van der Waals surface area contributed by atoms with Crippen molar-refractivity contribution in [3.05, 3.63) is 213 Å². The summed E-state index contributed by atoms with van der Waals surface area (Å²) in [5, 5.41) is 0.857. The number of amides is 2. The molecule has 0 saturated heterocycles. The Bertz CT molecular complexity index is 2540. The van der Waals surface area contributed by atoms with E-state index in [-0.39, 0.29) is 41.8 Å². The molecule has 2 heterocycles. The van der Waals surface area contributed by atoms with E-state index in [1.165, 1.54) is 6.20 Å². The number of rotatable bonds is 14. The van der Waals surface area contributed by atoms with Gasteiger partial charge in [0.25, 0.3) is 11.8 Å². The number of carbonyl (C=O) groups excluding carboxylic acids is 3. The molecule has 2 amide bonds. The predicted octanol–water partition coefficient (Wildman–Crippen LogP) is 8.22. The zero-order chi connectivity index (χ0) is 39.1. The van der Waals surface area contributed by atoms with Crippen molar-refractivity contribution in [3.8, 4) is 11.5 Å². The van der Waals surface area contributed by atoms with E-state index in [4.69, 9.17) is 19.0 Å². The molecule has 8 rings (SSSR count). The fourth-order valence-corrected chi connectivity index (χ4v) is 6.70. The maximum absolute atomic E-state index is 14.3. The van der Waals surface area contributed by atoms with Crippen LogP contribution in [0, 0.1) is 0 Å². The second-order valence-electron chi connectivity index (χ2n) is 13.4. The molecule has 0 N–H and O–H groups in total. The summed E-state index contributed by atoms with van der Waals surface area (Å²) in [6.45, 7) is -0.354. The number of hydroxylamine groups is 2. The molecule has 1 aromatic heterocycles. The van der Waals surface area contributed by atoms with Crippen LogP contribution in [0.1, 0.15) is 54.6 Å². The fourth-order valence-electron chi connectivity index (χ4n) is 6.70. The van der Waals surface area contributed by atoms with E-state index in [0.29, 0.717) is 22.1 Å². The second kappa shape index (κ2) is 16.6. The molecule has 0 fully saturated rings. The van der Waals surface area contributed by atoms with Crippen LogP contribution in [0.5, 0.6) is 11.5 Å². The minimum Gasteiger partial charge on any atom is -0.485 e. The van der Waals surface area contributed by atoms with Crippen molar-refractivity contribution in [1.82, 2.24) is 9.63 Å². The lowest BCUT2D eigenvalue weighted by atomic mass is 10.0. The summed E-state index contributed by atoms with van der Waals surface area (Å²) in [4.78, 5) is 60.3. The van der Waals surface area contributed by atoms with Crippen molar-refractivity contribution in [2.45, 2.75) is 32.5 Å². The number of aromatic nitrogens is 1. The standard InChI is InChI=1S/C47H36N2O8/c50-43(57-45(34-19-9-3-10-20-34)35-21-11-4-12-22-35)28-48-27-36(31-56-49-46(52)37-23-13-14-24-38(37)47(49)53)44(51)39-25-41(54-29-32-15-5-1-6-16-32)42(26-40(39)48)55-30-33-17-7-2-8-18-33/h1-27,45H,28-31H2. The van der Waals surface area contributed by atoms with E-state index < -0.39 is 35.9 Å². The smallest absolute Gasteiger partial charge is 0.326 e. The van der Waals surface area contributed by atoms with Crippen LogP contribution in [0.4, 0.5) is 0 Å². The molecule has 0 radical (unpaired) electrons. The number of imide groups is 1. The highest BCUT2D eigenvalue weighted by Crippen LogP contribution is 2.34. The van der Waals surface area contributed by atoms with E-state index >= 15 is 0 Å². The van der Waals surface area contributed by atoms with Crippen LogP contribution >= 0.6 is 0 Å². The Kier molecular flexibility index (Phi) is 10.7. The zero-order valence-electron chi connectivity index (χ0n) is 30.7. The molecule has 10 nitrogen and oxygen atoms in total. The molecule has 0 aliphatic carbocycles. The lowest BCUT2D eigenvalue weighted by molar-refractivity contribution is -0.148. The molecule has 0 spiro atoms. The lowest BCUT2D eigenvalue weighted by Gasteiger charge is -2.21. The maximum Gasteiger partial charge on any atom is 0.326 e. The van der Waals surface area contributed by atoms with Crippen molar-refractivity contribution in [3.63, 3.8) is 0 Å². The van der Waals surface area contributed by atoms with Gasteiger partial charge in [-0.15, -0.1) is 5.06 Å². The van der Waals surface area contributed by atoms with Gasteiger partial charge in [-0.1, -0.05) is 133 Å². The Morgan fingerprint density at radius 3 is 1.56 bits per heavy atom. The molecular weight excluding hydrogens is 721 g/mol. The molecule has 282 valence electrons. The van der Waals surface area contributed by atoms with Crippen LogP contribution in [-0.4, -0.2) is 27.4 Å². The molecule has 0 atom stereocenters. The molecule has 1 aliphatic rings. The molecule has 1 aliphatic heterocycles. The summed E-state index contributed by atoms with van der Waals surface area (Å²) in [6.07, 6.45) is 0.778. The number of pyridine rings is 1. The molecular formula is C47H36N2O8. The number of benzene rings is 6. The average molecular weight is 757 g/mol. The van der Waals surface area contributed by atoms with Crippen LogP contribution in [0.3, 0.4) is 0 Å². The Labute approximate surface area is 328 Å². The molecule has 10 heteroatoms. The van der Waals surface area contributed by atoms with Gasteiger partial charge in [0.2, 0.25) is 0 Å². The molecule has 7 aromatic rings. The van der Waals surface area contributed by atoms with Gasteiger partial charge in [-0.3, -0.25) is 24.0 Å². The highest BCUT2D eigenvalue weighted by Gasteiger charge is 2.36. The summed E-state index contributed by atoms with van der Waals surface area (Å²) in [7, 11) is 0. The van der Waals surface area contributed by atoms with E-state index in [2.05, 4.69) is 0 Å². The van der Waals surface area contributed by atoms with Crippen LogP contribution < -0.4 is 14.9 Å². The van der Waals surface area contributed by atoms with Crippen molar-refractivity contribution in [2.75, 3.05) is 0 Å². The van der Waals surface area contributed by atoms with Crippen molar-refractivity contribution in [1.29, 1.82) is 0 Å². The van der Waals surface area contributed by atoms with E-state index in [1.54, 1.807) is 41.0 Å². The average Bonchev–Trinajstić information content (AvgIpc) is 3.50. The minimum absolute atomic E-state index is 0.0847. The zero-order valence-corrected chi connectivity index (χ0v) is 30.7. The van der Waals surface area contributed by atoms with E-state index in [1.807, 2.05) is 121 Å². The molecule has 0 saturated carbocycles. The summed E-state index contributed by atoms with van der Waals surface area (Å²) in [5.41, 5.74) is 3.81. The van der Waals surface area contributed by atoms with Crippen molar-refractivity contribution < 1.29 is 33.4 Å². The number of nitrogens with zero attached hydrogens (tertiary/aromatic N) is 2. The Morgan fingerprint density at radius 1 is 0.561 bits per heavy atom. The van der Waals surface area contributed by atoms with Gasteiger partial charge < -0.3 is 18.8 Å². The first-order valence-corrected chi connectivity index (χ1v) is 18.4. The Morgan fingerprint density at radius 2 is 1.04 bits per heavy atom. The number of esters is 1. The molecule has 0 bridgehead atoms. The second-order valence-corrected chi connectivity index (χ2v) is 13.4. The number of fused-ring (bicyclic) bond motifs is 2. The molecule has 0 unspecified atom stereocenters. The van der Waals surface area contributed by atoms with Gasteiger partial charge in [-0.2, -0.15) is 0 Å². The normalized spacial score (nSPS) is 12.2. The van der Waals surface area contributed by atoms with Crippen LogP contribution in [0.2, 0.25) is 0 Å². The highest BCUT2D eigenvalue weighted by atomic mass is 16.7. The predicted molar refractivity (Wildman–Crippen MR) is 212 cm³/mol. The minimum atomic E-state index is -0.704. The van der Waals surface area contributed by atoms with Gasteiger partial charge in [0.1, 0.15) is 26.4 Å². The SMILES string of the molecule is O=C(Cn1cc(CON2C(=O)c3ccccc3C2=O)c(=O)c2cc(OCc3ccccc3)c(OCc3ccccc3)cc21)OC(c1ccccc1)c1ccccc1. The summed E-state index contributed by atoms with van der Waals surface area (Å²) in [5.74, 6) is -1.19. The number of hydrogen-bond donors (Lipinski definition) is 0. The number of ether oxygens (including phenoxy) is 3. The van der Waals surface area contributed by atoms with Gasteiger partial charge in [0.05, 0.1) is 16.6 Å². The molecule has 57 heavy (non-hydrogen) atoms. The Hall–Kier alpha value is -7.30. The third-order valence-corrected chi connectivity index (χ3v) is 9.55. The van der Waals surface area contributed by atoms with Crippen LogP contribution in [-0.2, 0) is 40.7 Å². The van der Waals surface area contributed by atoms with Crippen LogP contribution in [0.25, 0.3) is 10.9 Å². The number of hydrogen-bond acceptors (Lipinski definition) is 8. The largest absolute Gasteiger partial charge is 0.485 e. The summed E-state index contributed by atoms with van der Waals surface area (Å²) < 4.78 is 20.4. The topological polar surface area (TPSA) is 113 Å². The summed E-state index contributed by atoms with van der Waals surface area (Å²) >= 11 is 0. The summed E-state index contributed by atoms with van der Waals surface area (Å²) in [6, 6.07) is 47.7. The third-order valence-electron chi connectivity index (χ3n) is 9.55. The van der Waals surface area contributed by atoms with E-state index in [9.17, 15) is 19.2 Å². The van der Waals surface area contributed by atoms with Crippen molar-refractivity contribution in [2.24, 2.45) is 0 Å². The first kappa shape index (κ1) is 36.7. The third kappa shape index (κ3) is 8.07. The van der Waals surface area contributed by atoms with Crippen molar-refractivity contribution >= 4 is 28.7 Å². The molecule has 6 aromatic carbocycles. The first-order valence-electron chi connectivity index (χ1n) is 18.4. The number of carbonyl (C=O) groups is 3. The lowest BCUT2D eigenvalue weighted by Crippen LogP contribution is -2.31. The van der Waals surface area contributed by atoms with Gasteiger partial charge in [0.15, 0.2) is 23.0 Å².